The van der Waals surface area contributed by atoms with Crippen molar-refractivity contribution in [1.29, 1.82) is 0 Å². The van der Waals surface area contributed by atoms with Crippen LogP contribution in [-0.4, -0.2) is 27.4 Å². The van der Waals surface area contributed by atoms with Crippen LogP contribution in [0.15, 0.2) is 91.0 Å². The summed E-state index contributed by atoms with van der Waals surface area (Å²) in [6.07, 6.45) is 0. The Hall–Kier alpha value is -3.24. The fraction of sp³-hybridized carbons (Fsp3) is 0.200. The maximum Gasteiger partial charge on any atom is 0.275 e. The number of imide groups is 1. The highest BCUT2D eigenvalue weighted by Crippen LogP contribution is 2.24. The van der Waals surface area contributed by atoms with Crippen LogP contribution in [0.1, 0.15) is 47.1 Å². The predicted octanol–water partition coefficient (Wildman–Crippen LogP) is 5.18. The van der Waals surface area contributed by atoms with E-state index < -0.39 is 5.54 Å². The van der Waals surface area contributed by atoms with E-state index in [-0.39, 0.29) is 11.8 Å². The van der Waals surface area contributed by atoms with Gasteiger partial charge in [-0.2, -0.15) is 0 Å². The zero-order chi connectivity index (χ0) is 20.9. The van der Waals surface area contributed by atoms with Gasteiger partial charge in [0.2, 0.25) is 0 Å². The lowest BCUT2D eigenvalue weighted by molar-refractivity contribution is -0.0538. The minimum Gasteiger partial charge on any atom is -0.267 e. The molecule has 4 nitrogen and oxygen atoms in total. The van der Waals surface area contributed by atoms with E-state index in [1.807, 2.05) is 68.2 Å². The molecular formula is C25H26N2O2. The summed E-state index contributed by atoms with van der Waals surface area (Å²) in [7, 11) is 0. The van der Waals surface area contributed by atoms with Crippen molar-refractivity contribution in [3.8, 4) is 0 Å². The largest absolute Gasteiger partial charge is 0.275 e. The first-order chi connectivity index (χ1) is 13.9. The van der Waals surface area contributed by atoms with Crippen molar-refractivity contribution in [2.24, 2.45) is 0 Å². The Kier molecular flexibility index (Phi) is 6.25. The van der Waals surface area contributed by atoms with Crippen molar-refractivity contribution in [1.82, 2.24) is 10.0 Å². The van der Waals surface area contributed by atoms with Crippen molar-refractivity contribution in [2.45, 2.75) is 32.9 Å². The van der Waals surface area contributed by atoms with Gasteiger partial charge in [-0.25, -0.2) is 10.0 Å². The molecule has 0 N–H and O–H groups in total. The third kappa shape index (κ3) is 4.98. The van der Waals surface area contributed by atoms with Gasteiger partial charge in [0.15, 0.2) is 0 Å². The minimum atomic E-state index is -0.468. The molecule has 3 aromatic carbocycles. The monoisotopic (exact) mass is 386 g/mol. The first-order valence-electron chi connectivity index (χ1n) is 9.68. The molecule has 0 aromatic heterocycles. The Morgan fingerprint density at radius 2 is 1.03 bits per heavy atom. The van der Waals surface area contributed by atoms with Gasteiger partial charge >= 0.3 is 0 Å². The van der Waals surface area contributed by atoms with E-state index in [1.54, 1.807) is 48.5 Å². The van der Waals surface area contributed by atoms with Crippen LogP contribution in [0.25, 0.3) is 0 Å². The molecule has 0 aliphatic heterocycles. The summed E-state index contributed by atoms with van der Waals surface area (Å²) >= 11 is 0. The van der Waals surface area contributed by atoms with Crippen LogP contribution in [0.4, 0.5) is 0 Å². The van der Waals surface area contributed by atoms with E-state index in [0.29, 0.717) is 17.7 Å². The normalized spacial score (nSPS) is 11.3. The molecule has 3 rings (SSSR count). The number of benzene rings is 3. The van der Waals surface area contributed by atoms with Gasteiger partial charge in [0.25, 0.3) is 11.8 Å². The molecule has 0 saturated heterocycles. The van der Waals surface area contributed by atoms with Gasteiger partial charge < -0.3 is 0 Å². The van der Waals surface area contributed by atoms with Crippen LogP contribution in [0.2, 0.25) is 0 Å². The van der Waals surface area contributed by atoms with Crippen molar-refractivity contribution < 1.29 is 9.59 Å². The molecule has 29 heavy (non-hydrogen) atoms. The second-order valence-electron chi connectivity index (χ2n) is 7.87. The Morgan fingerprint density at radius 1 is 0.655 bits per heavy atom. The first-order valence-corrected chi connectivity index (χ1v) is 9.68. The standard InChI is InChI=1S/C25H26N2O2/c1-25(2,3)26(19-20-13-7-4-8-14-20)27(23(28)21-15-9-5-10-16-21)24(29)22-17-11-6-12-18-22/h4-18H,19H2,1-3H3. The zero-order valence-corrected chi connectivity index (χ0v) is 17.1. The molecule has 0 atom stereocenters. The average molecular weight is 386 g/mol. The highest BCUT2D eigenvalue weighted by atomic mass is 16.2. The quantitative estimate of drug-likeness (QED) is 0.448. The van der Waals surface area contributed by atoms with E-state index in [4.69, 9.17) is 0 Å². The Bertz CT molecular complexity index is 897. The first kappa shape index (κ1) is 20.5. The number of carbonyl (C=O) groups is 2. The lowest BCUT2D eigenvalue weighted by Gasteiger charge is -2.42. The Balaban J connectivity index is 2.08. The summed E-state index contributed by atoms with van der Waals surface area (Å²) in [6.45, 7) is 6.43. The van der Waals surface area contributed by atoms with Gasteiger partial charge in [-0.1, -0.05) is 66.7 Å². The average Bonchev–Trinajstić information content (AvgIpc) is 2.74. The van der Waals surface area contributed by atoms with E-state index in [2.05, 4.69) is 0 Å². The van der Waals surface area contributed by atoms with Crippen molar-refractivity contribution in [2.75, 3.05) is 0 Å². The van der Waals surface area contributed by atoms with Crippen LogP contribution in [0.5, 0.6) is 0 Å². The van der Waals surface area contributed by atoms with E-state index in [1.165, 1.54) is 5.01 Å². The number of hydrogen-bond acceptors (Lipinski definition) is 3. The van der Waals surface area contributed by atoms with E-state index in [0.717, 1.165) is 5.56 Å². The van der Waals surface area contributed by atoms with Crippen LogP contribution in [-0.2, 0) is 6.54 Å². The maximum absolute atomic E-state index is 13.5. The van der Waals surface area contributed by atoms with Crippen LogP contribution in [0.3, 0.4) is 0 Å². The lowest BCUT2D eigenvalue weighted by Crippen LogP contribution is -2.57. The van der Waals surface area contributed by atoms with Crippen molar-refractivity contribution >= 4 is 11.8 Å². The summed E-state index contributed by atoms with van der Waals surface area (Å²) in [6, 6.07) is 27.7. The number of hydrogen-bond donors (Lipinski definition) is 0. The molecule has 3 aromatic rings. The van der Waals surface area contributed by atoms with Gasteiger partial charge in [-0.3, -0.25) is 9.59 Å². The molecule has 0 heterocycles. The molecule has 0 saturated carbocycles. The topological polar surface area (TPSA) is 40.6 Å². The van der Waals surface area contributed by atoms with Crippen LogP contribution in [0, 0.1) is 0 Å². The summed E-state index contributed by atoms with van der Waals surface area (Å²) < 4.78 is 0. The second-order valence-corrected chi connectivity index (χ2v) is 7.87. The zero-order valence-electron chi connectivity index (χ0n) is 17.1. The summed E-state index contributed by atoms with van der Waals surface area (Å²) in [4.78, 5) is 27.0. The number of amides is 2. The van der Waals surface area contributed by atoms with E-state index >= 15 is 0 Å². The highest BCUT2D eigenvalue weighted by molar-refractivity contribution is 6.09. The molecular weight excluding hydrogens is 360 g/mol. The van der Waals surface area contributed by atoms with E-state index in [9.17, 15) is 9.59 Å². The molecule has 0 aliphatic carbocycles. The fourth-order valence-electron chi connectivity index (χ4n) is 3.08. The van der Waals surface area contributed by atoms with Crippen LogP contribution < -0.4 is 0 Å². The molecule has 0 unspecified atom stereocenters. The second kappa shape index (κ2) is 8.84. The summed E-state index contributed by atoms with van der Waals surface area (Å²) in [5.41, 5.74) is 1.50. The molecule has 0 spiro atoms. The molecule has 0 radical (unpaired) electrons. The molecule has 0 bridgehead atoms. The highest BCUT2D eigenvalue weighted by Gasteiger charge is 2.36. The number of hydrazine groups is 1. The Labute approximate surface area is 172 Å². The number of nitrogens with zero attached hydrogens (tertiary/aromatic N) is 2. The molecule has 148 valence electrons. The van der Waals surface area contributed by atoms with Crippen molar-refractivity contribution in [3.63, 3.8) is 0 Å². The number of carbonyl (C=O) groups excluding carboxylic acids is 2. The minimum absolute atomic E-state index is 0.342. The third-order valence-corrected chi connectivity index (χ3v) is 4.62. The summed E-state index contributed by atoms with van der Waals surface area (Å²) in [5.74, 6) is -0.685. The summed E-state index contributed by atoms with van der Waals surface area (Å²) in [5, 5.41) is 3.13. The van der Waals surface area contributed by atoms with Gasteiger partial charge in [0, 0.05) is 23.2 Å². The molecule has 4 heteroatoms. The maximum atomic E-state index is 13.5. The van der Waals surface area contributed by atoms with Gasteiger partial charge in [-0.15, -0.1) is 0 Å². The SMILES string of the molecule is CC(C)(C)N(Cc1ccccc1)N(C(=O)c1ccccc1)C(=O)c1ccccc1. The smallest absolute Gasteiger partial charge is 0.267 e. The Morgan fingerprint density at radius 3 is 1.41 bits per heavy atom. The third-order valence-electron chi connectivity index (χ3n) is 4.62. The molecule has 0 aliphatic rings. The van der Waals surface area contributed by atoms with Gasteiger partial charge in [0.05, 0.1) is 0 Å². The van der Waals surface area contributed by atoms with Crippen molar-refractivity contribution in [3.05, 3.63) is 108 Å². The van der Waals surface area contributed by atoms with Gasteiger partial charge in [0.1, 0.15) is 0 Å². The van der Waals surface area contributed by atoms with Crippen LogP contribution >= 0.6 is 0 Å². The molecule has 2 amide bonds. The lowest BCUT2D eigenvalue weighted by atomic mass is 10.1. The van der Waals surface area contributed by atoms with Gasteiger partial charge in [-0.05, 0) is 50.6 Å². The fourth-order valence-corrected chi connectivity index (χ4v) is 3.08. The molecule has 0 fully saturated rings. The number of rotatable bonds is 5. The predicted molar refractivity (Wildman–Crippen MR) is 115 cm³/mol.